The van der Waals surface area contributed by atoms with Crippen molar-refractivity contribution < 1.29 is 18.0 Å². The molecule has 148 valence electrons. The van der Waals surface area contributed by atoms with Crippen LogP contribution in [0.15, 0.2) is 29.8 Å². The molecule has 1 amide bonds. The van der Waals surface area contributed by atoms with E-state index in [2.05, 4.69) is 15.4 Å². The van der Waals surface area contributed by atoms with E-state index >= 15 is 0 Å². The van der Waals surface area contributed by atoms with Crippen LogP contribution in [0.2, 0.25) is 0 Å². The van der Waals surface area contributed by atoms with E-state index in [-0.39, 0.29) is 18.4 Å². The van der Waals surface area contributed by atoms with Crippen LogP contribution in [0.1, 0.15) is 17.7 Å². The average molecular weight is 409 g/mol. The number of fused-ring (bicyclic) bond motifs is 1. The molecule has 4 rings (SSSR count). The van der Waals surface area contributed by atoms with Gasteiger partial charge in [-0.15, -0.1) is 11.3 Å². The number of hydrogen-bond acceptors (Lipinski definition) is 5. The molecule has 6 nitrogen and oxygen atoms in total. The number of anilines is 1. The van der Waals surface area contributed by atoms with E-state index in [4.69, 9.17) is 0 Å². The Morgan fingerprint density at radius 3 is 2.96 bits per heavy atom. The van der Waals surface area contributed by atoms with Crippen molar-refractivity contribution in [2.24, 2.45) is 7.05 Å². The summed E-state index contributed by atoms with van der Waals surface area (Å²) in [6.45, 7) is 1.02. The van der Waals surface area contributed by atoms with Gasteiger partial charge in [0.25, 0.3) is 0 Å². The third-order valence-electron chi connectivity index (χ3n) is 4.78. The predicted octanol–water partition coefficient (Wildman–Crippen LogP) is 2.99. The third-order valence-corrected chi connectivity index (χ3v) is 5.68. The van der Waals surface area contributed by atoms with Crippen LogP contribution in [0.5, 0.6) is 0 Å². The van der Waals surface area contributed by atoms with Crippen molar-refractivity contribution in [2.75, 3.05) is 18.0 Å². The van der Waals surface area contributed by atoms with Crippen molar-refractivity contribution in [3.8, 4) is 0 Å². The first-order chi connectivity index (χ1) is 13.3. The van der Waals surface area contributed by atoms with E-state index in [1.807, 2.05) is 25.2 Å². The summed E-state index contributed by atoms with van der Waals surface area (Å²) in [5.41, 5.74) is 1.02. The molecule has 10 heteroatoms. The Morgan fingerprint density at radius 1 is 1.39 bits per heavy atom. The number of alkyl halides is 3. The number of carbonyl (C=O) groups excluding carboxylic acids is 1. The van der Waals surface area contributed by atoms with E-state index < -0.39 is 11.9 Å². The molecular formula is C18H18F3N5OS. The van der Waals surface area contributed by atoms with Crippen molar-refractivity contribution in [3.05, 3.63) is 41.0 Å². The number of aryl methyl sites for hydroxylation is 1. The summed E-state index contributed by atoms with van der Waals surface area (Å²) in [4.78, 5) is 17.8. The molecule has 0 bridgehead atoms. The van der Waals surface area contributed by atoms with Gasteiger partial charge in [-0.2, -0.15) is 18.3 Å². The van der Waals surface area contributed by atoms with Crippen molar-refractivity contribution in [1.82, 2.24) is 20.1 Å². The number of benzene rings is 1. The van der Waals surface area contributed by atoms with Gasteiger partial charge >= 0.3 is 6.18 Å². The molecular weight excluding hydrogens is 391 g/mol. The zero-order valence-corrected chi connectivity index (χ0v) is 15.8. The molecule has 28 heavy (non-hydrogen) atoms. The van der Waals surface area contributed by atoms with Crippen molar-refractivity contribution in [2.45, 2.75) is 25.1 Å². The summed E-state index contributed by atoms with van der Waals surface area (Å²) in [7, 11) is 1.86. The number of rotatable bonds is 4. The summed E-state index contributed by atoms with van der Waals surface area (Å²) in [6.07, 6.45) is -1.75. The minimum Gasteiger partial charge on any atom is -0.351 e. The van der Waals surface area contributed by atoms with Crippen LogP contribution in [0.25, 0.3) is 10.9 Å². The molecule has 1 aromatic carbocycles. The Bertz CT molecular complexity index is 1010. The van der Waals surface area contributed by atoms with Gasteiger partial charge in [0.05, 0.1) is 18.1 Å². The lowest BCUT2D eigenvalue weighted by Gasteiger charge is -2.16. The molecule has 1 saturated heterocycles. The zero-order chi connectivity index (χ0) is 19.9. The second-order valence-corrected chi connectivity index (χ2v) is 7.69. The first-order valence-electron chi connectivity index (χ1n) is 8.77. The largest absolute Gasteiger partial charge is 0.434 e. The number of halogens is 3. The molecule has 0 aliphatic carbocycles. The number of aromatic nitrogens is 3. The molecule has 1 aliphatic heterocycles. The van der Waals surface area contributed by atoms with Gasteiger partial charge in [0, 0.05) is 36.9 Å². The zero-order valence-electron chi connectivity index (χ0n) is 15.0. The standard InChI is InChI=1S/C18H18F3N5OS/c1-25-14-3-2-11(6-12(14)8-22-25)7-16(27)23-13-4-5-26(9-13)17-24-15(10-28-17)18(19,20)21/h2-3,6,8,10,13H,4-5,7,9H2,1H3,(H,23,27)/t13-/m1/s1. The molecule has 0 spiro atoms. The first kappa shape index (κ1) is 18.7. The SMILES string of the molecule is Cn1ncc2cc(CC(=O)N[C@@H]3CCN(c4nc(C(F)(F)F)cs4)C3)ccc21. The van der Waals surface area contributed by atoms with Crippen molar-refractivity contribution >= 4 is 33.3 Å². The van der Waals surface area contributed by atoms with E-state index in [0.29, 0.717) is 24.6 Å². The van der Waals surface area contributed by atoms with Gasteiger partial charge in [0.15, 0.2) is 10.8 Å². The second-order valence-electron chi connectivity index (χ2n) is 6.85. The quantitative estimate of drug-likeness (QED) is 0.720. The van der Waals surface area contributed by atoms with Crippen LogP contribution >= 0.6 is 11.3 Å². The summed E-state index contributed by atoms with van der Waals surface area (Å²) >= 11 is 0.975. The van der Waals surface area contributed by atoms with E-state index in [1.165, 1.54) is 0 Å². The summed E-state index contributed by atoms with van der Waals surface area (Å²) in [5, 5.41) is 9.50. The number of amides is 1. The highest BCUT2D eigenvalue weighted by molar-refractivity contribution is 7.13. The summed E-state index contributed by atoms with van der Waals surface area (Å²) in [5.74, 6) is -0.106. The second kappa shape index (κ2) is 7.08. The highest BCUT2D eigenvalue weighted by Crippen LogP contribution is 2.33. The molecule has 1 aliphatic rings. The minimum atomic E-state index is -4.43. The average Bonchev–Trinajstić information content (AvgIpc) is 3.34. The Kier molecular flexibility index (Phi) is 4.74. The van der Waals surface area contributed by atoms with Gasteiger partial charge < -0.3 is 10.2 Å². The first-order valence-corrected chi connectivity index (χ1v) is 9.65. The van der Waals surface area contributed by atoms with Crippen LogP contribution < -0.4 is 10.2 Å². The smallest absolute Gasteiger partial charge is 0.351 e. The van der Waals surface area contributed by atoms with Gasteiger partial charge in [-0.3, -0.25) is 9.48 Å². The van der Waals surface area contributed by atoms with E-state index in [9.17, 15) is 18.0 Å². The molecule has 3 aromatic rings. The topological polar surface area (TPSA) is 63.1 Å². The Hall–Kier alpha value is -2.62. The van der Waals surface area contributed by atoms with Gasteiger partial charge in [0.1, 0.15) is 0 Å². The molecule has 1 fully saturated rings. The number of carbonyl (C=O) groups is 1. The fourth-order valence-corrected chi connectivity index (χ4v) is 4.25. The van der Waals surface area contributed by atoms with Crippen LogP contribution in [-0.4, -0.2) is 39.8 Å². The summed E-state index contributed by atoms with van der Waals surface area (Å²) in [6, 6.07) is 5.67. The molecule has 1 N–H and O–H groups in total. The number of hydrogen-bond donors (Lipinski definition) is 1. The molecule has 2 aromatic heterocycles. The molecule has 3 heterocycles. The maximum absolute atomic E-state index is 12.7. The van der Waals surface area contributed by atoms with Gasteiger partial charge in [0.2, 0.25) is 5.91 Å². The molecule has 0 unspecified atom stereocenters. The van der Waals surface area contributed by atoms with Gasteiger partial charge in [-0.1, -0.05) is 6.07 Å². The highest BCUT2D eigenvalue weighted by Gasteiger charge is 2.35. The lowest BCUT2D eigenvalue weighted by atomic mass is 10.1. The van der Waals surface area contributed by atoms with Crippen LogP contribution in [-0.2, 0) is 24.4 Å². The predicted molar refractivity (Wildman–Crippen MR) is 100 cm³/mol. The number of thiazole rings is 1. The number of nitrogens with zero attached hydrogens (tertiary/aromatic N) is 4. The van der Waals surface area contributed by atoms with Gasteiger partial charge in [-0.25, -0.2) is 4.98 Å². The maximum atomic E-state index is 12.7. The Morgan fingerprint density at radius 2 is 2.21 bits per heavy atom. The molecule has 1 atom stereocenters. The van der Waals surface area contributed by atoms with E-state index in [0.717, 1.165) is 33.2 Å². The fraction of sp³-hybridized carbons (Fsp3) is 0.389. The normalized spacial score (nSPS) is 17.4. The minimum absolute atomic E-state index is 0.104. The maximum Gasteiger partial charge on any atom is 0.434 e. The third kappa shape index (κ3) is 3.82. The lowest BCUT2D eigenvalue weighted by Crippen LogP contribution is -2.38. The van der Waals surface area contributed by atoms with E-state index in [1.54, 1.807) is 15.8 Å². The van der Waals surface area contributed by atoms with Crippen LogP contribution in [0.3, 0.4) is 0 Å². The molecule has 0 radical (unpaired) electrons. The van der Waals surface area contributed by atoms with Crippen molar-refractivity contribution in [3.63, 3.8) is 0 Å². The highest BCUT2D eigenvalue weighted by atomic mass is 32.1. The lowest BCUT2D eigenvalue weighted by molar-refractivity contribution is -0.140. The van der Waals surface area contributed by atoms with Crippen molar-refractivity contribution in [1.29, 1.82) is 0 Å². The van der Waals surface area contributed by atoms with Crippen LogP contribution in [0.4, 0.5) is 18.3 Å². The van der Waals surface area contributed by atoms with Gasteiger partial charge in [-0.05, 0) is 24.1 Å². The Labute approximate surface area is 163 Å². The van der Waals surface area contributed by atoms with Crippen LogP contribution in [0, 0.1) is 0 Å². The molecule has 0 saturated carbocycles. The monoisotopic (exact) mass is 409 g/mol. The Balaban J connectivity index is 1.34. The summed E-state index contributed by atoms with van der Waals surface area (Å²) < 4.78 is 39.9. The fourth-order valence-electron chi connectivity index (χ4n) is 3.38. The number of nitrogens with one attached hydrogen (secondary N) is 1.